The topological polar surface area (TPSA) is 131 Å². The van der Waals surface area contributed by atoms with Crippen molar-refractivity contribution in [1.82, 2.24) is 15.4 Å². The molecule has 0 aromatic heterocycles. The summed E-state index contributed by atoms with van der Waals surface area (Å²) < 4.78 is 45.5. The molecular weight excluding hydrogens is 393 g/mol. The van der Waals surface area contributed by atoms with Gasteiger partial charge in [0.15, 0.2) is 0 Å². The van der Waals surface area contributed by atoms with Crippen molar-refractivity contribution in [2.24, 2.45) is 5.92 Å². The Morgan fingerprint density at radius 2 is 1.89 bits per heavy atom. The van der Waals surface area contributed by atoms with Crippen molar-refractivity contribution >= 4 is 27.6 Å². The summed E-state index contributed by atoms with van der Waals surface area (Å²) in [6.07, 6.45) is 0. The number of halogens is 1. The summed E-state index contributed by atoms with van der Waals surface area (Å²) in [5, 5.41) is 4.72. The van der Waals surface area contributed by atoms with E-state index in [9.17, 15) is 27.2 Å². The molecule has 28 heavy (non-hydrogen) atoms. The fraction of sp³-hybridized carbons (Fsp3) is 0.471. The molecule has 154 valence electrons. The van der Waals surface area contributed by atoms with Gasteiger partial charge >= 0.3 is 0 Å². The number of carbonyl (C=O) groups excluding carboxylic acids is 3. The maximum absolute atomic E-state index is 13.0. The van der Waals surface area contributed by atoms with Crippen molar-refractivity contribution in [3.05, 3.63) is 30.1 Å². The quantitative estimate of drug-likeness (QED) is 0.528. The number of ketones is 1. The van der Waals surface area contributed by atoms with Crippen LogP contribution in [0.15, 0.2) is 29.2 Å². The van der Waals surface area contributed by atoms with Gasteiger partial charge in [-0.1, -0.05) is 13.8 Å². The minimum absolute atomic E-state index is 0.177. The lowest BCUT2D eigenvalue weighted by Crippen LogP contribution is -2.57. The summed E-state index contributed by atoms with van der Waals surface area (Å²) in [6.45, 7) is 3.38. The summed E-state index contributed by atoms with van der Waals surface area (Å²) in [5.41, 5.74) is 0. The number of hydrogen-bond acceptors (Lipinski definition) is 6. The van der Waals surface area contributed by atoms with Crippen LogP contribution in [0.3, 0.4) is 0 Å². The second-order valence-corrected chi connectivity index (χ2v) is 8.27. The highest BCUT2D eigenvalue weighted by molar-refractivity contribution is 7.89. The number of ether oxygens (including phenoxy) is 1. The molecule has 2 rings (SSSR count). The van der Waals surface area contributed by atoms with Gasteiger partial charge in [-0.2, -0.15) is 4.72 Å². The molecule has 2 atom stereocenters. The van der Waals surface area contributed by atoms with Crippen LogP contribution in [0.2, 0.25) is 0 Å². The van der Waals surface area contributed by atoms with Gasteiger partial charge < -0.3 is 15.4 Å². The van der Waals surface area contributed by atoms with E-state index >= 15 is 0 Å². The smallest absolute Gasteiger partial charge is 0.289 e. The van der Waals surface area contributed by atoms with Crippen LogP contribution in [0.1, 0.15) is 13.8 Å². The van der Waals surface area contributed by atoms with Gasteiger partial charge in [0.05, 0.1) is 18.1 Å². The first-order chi connectivity index (χ1) is 13.1. The van der Waals surface area contributed by atoms with Crippen molar-refractivity contribution in [2.45, 2.75) is 30.8 Å². The minimum Gasteiger partial charge on any atom is -0.377 e. The van der Waals surface area contributed by atoms with Crippen LogP contribution in [-0.4, -0.2) is 57.9 Å². The predicted molar refractivity (Wildman–Crippen MR) is 96.1 cm³/mol. The second kappa shape index (κ2) is 9.22. The highest BCUT2D eigenvalue weighted by atomic mass is 32.2. The molecule has 0 saturated carbocycles. The normalized spacial score (nSPS) is 19.5. The van der Waals surface area contributed by atoms with Crippen molar-refractivity contribution < 1.29 is 31.9 Å². The minimum atomic E-state index is -4.12. The average molecular weight is 415 g/mol. The predicted octanol–water partition coefficient (Wildman–Crippen LogP) is -0.671. The molecule has 11 heteroatoms. The van der Waals surface area contributed by atoms with Crippen LogP contribution >= 0.6 is 0 Å². The van der Waals surface area contributed by atoms with Gasteiger partial charge in [0.1, 0.15) is 17.9 Å². The zero-order valence-corrected chi connectivity index (χ0v) is 16.2. The summed E-state index contributed by atoms with van der Waals surface area (Å²) in [7, 11) is -4.12. The SMILES string of the molecule is CC(C)C(NS(=O)(=O)c1ccc(F)cc1)C(=O)NC1COCCNC(=O)C1=O. The number of nitrogens with one attached hydrogen (secondary N) is 3. The molecule has 1 saturated heterocycles. The lowest BCUT2D eigenvalue weighted by Gasteiger charge is -2.25. The molecule has 1 aromatic rings. The Morgan fingerprint density at radius 1 is 1.25 bits per heavy atom. The van der Waals surface area contributed by atoms with Crippen LogP contribution < -0.4 is 15.4 Å². The van der Waals surface area contributed by atoms with E-state index in [4.69, 9.17) is 4.74 Å². The molecule has 1 aliphatic heterocycles. The fourth-order valence-corrected chi connectivity index (χ4v) is 3.81. The van der Waals surface area contributed by atoms with Crippen LogP contribution in [0, 0.1) is 11.7 Å². The van der Waals surface area contributed by atoms with E-state index in [1.54, 1.807) is 13.8 Å². The fourth-order valence-electron chi connectivity index (χ4n) is 2.47. The Bertz CT molecular complexity index is 841. The van der Waals surface area contributed by atoms with E-state index in [2.05, 4.69) is 15.4 Å². The molecule has 1 heterocycles. The number of carbonyl (C=O) groups is 3. The van der Waals surface area contributed by atoms with Gasteiger partial charge in [0.2, 0.25) is 21.7 Å². The van der Waals surface area contributed by atoms with Gasteiger partial charge in [-0.3, -0.25) is 14.4 Å². The molecular formula is C17H22FN3O6S. The standard InChI is InChI=1S/C17H22FN3O6S/c1-10(2)14(21-28(25,26)12-5-3-11(18)4-6-12)16(23)20-13-9-27-8-7-19-17(24)15(13)22/h3-6,10,13-14,21H,7-9H2,1-2H3,(H,19,24)(H,20,23). The summed E-state index contributed by atoms with van der Waals surface area (Å²) in [5.74, 6) is -3.58. The molecule has 3 N–H and O–H groups in total. The Hall–Kier alpha value is -2.37. The summed E-state index contributed by atoms with van der Waals surface area (Å²) >= 11 is 0. The molecule has 1 fully saturated rings. The molecule has 0 radical (unpaired) electrons. The third kappa shape index (κ3) is 5.57. The number of amides is 2. The molecule has 2 unspecified atom stereocenters. The Morgan fingerprint density at radius 3 is 2.50 bits per heavy atom. The summed E-state index contributed by atoms with van der Waals surface area (Å²) in [4.78, 5) is 36.2. The number of Topliss-reactive ketones (excluding diaryl/α,β-unsaturated/α-hetero) is 1. The van der Waals surface area contributed by atoms with E-state index in [1.807, 2.05) is 0 Å². The highest BCUT2D eigenvalue weighted by Crippen LogP contribution is 2.13. The van der Waals surface area contributed by atoms with E-state index < -0.39 is 51.4 Å². The van der Waals surface area contributed by atoms with E-state index in [0.717, 1.165) is 24.3 Å². The maximum atomic E-state index is 13.0. The van der Waals surface area contributed by atoms with E-state index in [0.29, 0.717) is 0 Å². The lowest BCUT2D eigenvalue weighted by atomic mass is 10.0. The molecule has 0 spiro atoms. The van der Waals surface area contributed by atoms with Crippen molar-refractivity contribution in [3.63, 3.8) is 0 Å². The maximum Gasteiger partial charge on any atom is 0.289 e. The van der Waals surface area contributed by atoms with Crippen molar-refractivity contribution in [1.29, 1.82) is 0 Å². The molecule has 0 bridgehead atoms. The first-order valence-corrected chi connectivity index (χ1v) is 10.1. The van der Waals surface area contributed by atoms with E-state index in [1.165, 1.54) is 0 Å². The first kappa shape index (κ1) is 21.9. The number of rotatable bonds is 6. The van der Waals surface area contributed by atoms with Crippen LogP contribution in [-0.2, 0) is 29.1 Å². The zero-order valence-electron chi connectivity index (χ0n) is 15.4. The third-order valence-corrected chi connectivity index (χ3v) is 5.49. The Labute approximate surface area is 162 Å². The van der Waals surface area contributed by atoms with Crippen molar-refractivity contribution in [3.8, 4) is 0 Å². The van der Waals surface area contributed by atoms with Crippen LogP contribution in [0.25, 0.3) is 0 Å². The third-order valence-electron chi connectivity index (χ3n) is 4.03. The summed E-state index contributed by atoms with van der Waals surface area (Å²) in [6, 6.07) is 1.66. The van der Waals surface area contributed by atoms with E-state index in [-0.39, 0.29) is 24.7 Å². The van der Waals surface area contributed by atoms with Crippen LogP contribution in [0.4, 0.5) is 4.39 Å². The molecule has 1 aliphatic rings. The molecule has 9 nitrogen and oxygen atoms in total. The van der Waals surface area contributed by atoms with Gasteiger partial charge in [0, 0.05) is 6.54 Å². The van der Waals surface area contributed by atoms with Gasteiger partial charge in [-0.25, -0.2) is 12.8 Å². The monoisotopic (exact) mass is 415 g/mol. The van der Waals surface area contributed by atoms with Gasteiger partial charge in [0.25, 0.3) is 5.91 Å². The van der Waals surface area contributed by atoms with Gasteiger partial charge in [-0.05, 0) is 30.2 Å². The highest BCUT2D eigenvalue weighted by Gasteiger charge is 2.33. The molecule has 0 aliphatic carbocycles. The average Bonchev–Trinajstić information content (AvgIpc) is 2.63. The Balaban J connectivity index is 2.16. The second-order valence-electron chi connectivity index (χ2n) is 6.55. The lowest BCUT2D eigenvalue weighted by molar-refractivity contribution is -0.142. The zero-order chi connectivity index (χ0) is 20.9. The van der Waals surface area contributed by atoms with Crippen molar-refractivity contribution in [2.75, 3.05) is 19.8 Å². The largest absolute Gasteiger partial charge is 0.377 e. The first-order valence-electron chi connectivity index (χ1n) is 8.60. The van der Waals surface area contributed by atoms with Crippen LogP contribution in [0.5, 0.6) is 0 Å². The number of benzene rings is 1. The Kier molecular flexibility index (Phi) is 7.22. The van der Waals surface area contributed by atoms with Gasteiger partial charge in [-0.15, -0.1) is 0 Å². The molecule has 2 amide bonds. The number of sulfonamides is 1. The number of hydrogen-bond donors (Lipinski definition) is 3. The molecule has 1 aromatic carbocycles.